The average molecular weight is 274 g/mol. The van der Waals surface area contributed by atoms with Crippen LogP contribution in [0, 0.1) is 0 Å². The van der Waals surface area contributed by atoms with Crippen molar-refractivity contribution in [3.8, 4) is 0 Å². The van der Waals surface area contributed by atoms with Crippen LogP contribution >= 0.6 is 0 Å². The van der Waals surface area contributed by atoms with Crippen LogP contribution in [-0.2, 0) is 4.79 Å². The number of hydrogen-bond acceptors (Lipinski definition) is 2. The third-order valence-corrected chi connectivity index (χ3v) is 4.34. The largest absolute Gasteiger partial charge is 0.350 e. The van der Waals surface area contributed by atoms with Crippen LogP contribution in [0.5, 0.6) is 0 Å². The molecule has 0 aliphatic heterocycles. The third kappa shape index (κ3) is 3.60. The number of carbonyl (C=O) groups excluding carboxylic acids is 1. The summed E-state index contributed by atoms with van der Waals surface area (Å²) in [5.41, 5.74) is 8.33. The van der Waals surface area contributed by atoms with Gasteiger partial charge in [0, 0.05) is 12.0 Å². The van der Waals surface area contributed by atoms with Crippen molar-refractivity contribution < 1.29 is 4.79 Å². The zero-order valence-corrected chi connectivity index (χ0v) is 12.8. The van der Waals surface area contributed by atoms with Gasteiger partial charge in [0.2, 0.25) is 5.91 Å². The van der Waals surface area contributed by atoms with Gasteiger partial charge in [-0.3, -0.25) is 4.79 Å². The van der Waals surface area contributed by atoms with Gasteiger partial charge in [-0.05, 0) is 43.2 Å². The highest BCUT2D eigenvalue weighted by molar-refractivity contribution is 5.77. The molecule has 1 aliphatic carbocycles. The second kappa shape index (κ2) is 5.96. The van der Waals surface area contributed by atoms with Crippen LogP contribution in [0.25, 0.3) is 0 Å². The van der Waals surface area contributed by atoms with Gasteiger partial charge in [-0.25, -0.2) is 0 Å². The molecule has 2 rings (SSSR count). The molecule has 1 unspecified atom stereocenters. The second-order valence-corrected chi connectivity index (χ2v) is 6.50. The molecule has 0 heterocycles. The quantitative estimate of drug-likeness (QED) is 0.866. The smallest absolute Gasteiger partial charge is 0.222 e. The molecule has 1 fully saturated rings. The molecule has 1 aromatic rings. The lowest BCUT2D eigenvalue weighted by Gasteiger charge is -2.37. The van der Waals surface area contributed by atoms with E-state index < -0.39 is 0 Å². The Labute approximate surface area is 121 Å². The van der Waals surface area contributed by atoms with Crippen LogP contribution in [0.3, 0.4) is 0 Å². The molecule has 3 heteroatoms. The van der Waals surface area contributed by atoms with Gasteiger partial charge in [-0.1, -0.05) is 38.1 Å². The second-order valence-electron chi connectivity index (χ2n) is 6.50. The Bertz CT molecular complexity index is 460. The van der Waals surface area contributed by atoms with Crippen LogP contribution < -0.4 is 11.1 Å². The van der Waals surface area contributed by atoms with E-state index in [9.17, 15) is 4.79 Å². The monoisotopic (exact) mass is 274 g/mol. The van der Waals surface area contributed by atoms with E-state index in [1.54, 1.807) is 0 Å². The maximum absolute atomic E-state index is 12.0. The minimum atomic E-state index is -0.245. The molecule has 0 bridgehead atoms. The highest BCUT2D eigenvalue weighted by Crippen LogP contribution is 2.32. The molecule has 1 aliphatic rings. The molecule has 1 aromatic carbocycles. The molecule has 0 aromatic heterocycles. The summed E-state index contributed by atoms with van der Waals surface area (Å²) < 4.78 is 0. The molecule has 3 nitrogen and oxygen atoms in total. The van der Waals surface area contributed by atoms with E-state index in [4.69, 9.17) is 5.73 Å². The van der Waals surface area contributed by atoms with E-state index in [0.29, 0.717) is 12.3 Å². The maximum atomic E-state index is 12.0. The molecule has 1 saturated carbocycles. The van der Waals surface area contributed by atoms with Crippen molar-refractivity contribution in [1.82, 2.24) is 5.32 Å². The molecule has 20 heavy (non-hydrogen) atoms. The number of nitrogens with one attached hydrogen (secondary N) is 1. The molecule has 1 amide bonds. The van der Waals surface area contributed by atoms with E-state index in [-0.39, 0.29) is 17.5 Å². The lowest BCUT2D eigenvalue weighted by atomic mass is 9.75. The minimum Gasteiger partial charge on any atom is -0.350 e. The first-order valence-corrected chi connectivity index (χ1v) is 7.58. The molecule has 110 valence electrons. The Morgan fingerprint density at radius 3 is 2.20 bits per heavy atom. The van der Waals surface area contributed by atoms with Crippen molar-refractivity contribution >= 4 is 5.91 Å². The number of amides is 1. The van der Waals surface area contributed by atoms with Crippen molar-refractivity contribution in [2.75, 3.05) is 0 Å². The summed E-state index contributed by atoms with van der Waals surface area (Å²) in [6.45, 7) is 6.38. The predicted octanol–water partition coefficient (Wildman–Crippen LogP) is 3.26. The van der Waals surface area contributed by atoms with Crippen LogP contribution in [0.1, 0.15) is 69.5 Å². The first-order valence-electron chi connectivity index (χ1n) is 7.58. The van der Waals surface area contributed by atoms with Crippen molar-refractivity contribution in [2.45, 2.75) is 64.0 Å². The van der Waals surface area contributed by atoms with Gasteiger partial charge < -0.3 is 11.1 Å². The summed E-state index contributed by atoms with van der Waals surface area (Å²) in [7, 11) is 0. The predicted molar refractivity (Wildman–Crippen MR) is 82.5 cm³/mol. The summed E-state index contributed by atoms with van der Waals surface area (Å²) in [4.78, 5) is 12.0. The first kappa shape index (κ1) is 15.0. The Hall–Kier alpha value is -1.35. The fourth-order valence-electron chi connectivity index (χ4n) is 2.67. The minimum absolute atomic E-state index is 0.0346. The first-order chi connectivity index (χ1) is 9.39. The number of hydrogen-bond donors (Lipinski definition) is 2. The van der Waals surface area contributed by atoms with Crippen LogP contribution in [0.15, 0.2) is 24.3 Å². The van der Waals surface area contributed by atoms with Gasteiger partial charge in [0.15, 0.2) is 0 Å². The van der Waals surface area contributed by atoms with E-state index in [1.165, 1.54) is 5.56 Å². The van der Waals surface area contributed by atoms with Crippen molar-refractivity contribution in [3.05, 3.63) is 35.4 Å². The van der Waals surface area contributed by atoms with E-state index in [0.717, 1.165) is 24.8 Å². The highest BCUT2D eigenvalue weighted by atomic mass is 16.1. The Kier molecular flexibility index (Phi) is 4.48. The Balaban J connectivity index is 1.90. The molecule has 0 saturated heterocycles. The van der Waals surface area contributed by atoms with E-state index in [1.807, 2.05) is 6.92 Å². The summed E-state index contributed by atoms with van der Waals surface area (Å²) in [6.07, 6.45) is 3.53. The van der Waals surface area contributed by atoms with Gasteiger partial charge in [0.05, 0.1) is 6.04 Å². The molecule has 0 radical (unpaired) electrons. The van der Waals surface area contributed by atoms with E-state index in [2.05, 4.69) is 43.4 Å². The standard InChI is InChI=1S/C17H26N2O/c1-12(2)14-5-7-15(8-6-14)13(3)19-16(20)11-17(18)9-4-10-17/h5-8,12-13H,4,9-11,18H2,1-3H3,(H,19,20). The number of rotatable bonds is 5. The Morgan fingerprint density at radius 1 is 1.20 bits per heavy atom. The van der Waals surface area contributed by atoms with Gasteiger partial charge in [-0.2, -0.15) is 0 Å². The lowest BCUT2D eigenvalue weighted by Crippen LogP contribution is -2.50. The molecular formula is C17H26N2O. The summed E-state index contributed by atoms with van der Waals surface area (Å²) in [5.74, 6) is 0.595. The normalized spacial score (nSPS) is 18.4. The van der Waals surface area contributed by atoms with Crippen LogP contribution in [0.4, 0.5) is 0 Å². The topological polar surface area (TPSA) is 55.1 Å². The number of carbonyl (C=O) groups is 1. The molecular weight excluding hydrogens is 248 g/mol. The van der Waals surface area contributed by atoms with Crippen LogP contribution in [0.2, 0.25) is 0 Å². The van der Waals surface area contributed by atoms with Gasteiger partial charge in [0.1, 0.15) is 0 Å². The lowest BCUT2D eigenvalue weighted by molar-refractivity contribution is -0.123. The van der Waals surface area contributed by atoms with Crippen LogP contribution in [-0.4, -0.2) is 11.4 Å². The SMILES string of the molecule is CC(C)c1ccc(C(C)NC(=O)CC2(N)CCC2)cc1. The fourth-order valence-corrected chi connectivity index (χ4v) is 2.67. The highest BCUT2D eigenvalue weighted by Gasteiger charge is 2.34. The molecule has 3 N–H and O–H groups in total. The van der Waals surface area contributed by atoms with Crippen molar-refractivity contribution in [1.29, 1.82) is 0 Å². The Morgan fingerprint density at radius 2 is 1.75 bits per heavy atom. The zero-order valence-electron chi connectivity index (χ0n) is 12.8. The maximum Gasteiger partial charge on any atom is 0.222 e. The zero-order chi connectivity index (χ0) is 14.8. The summed E-state index contributed by atoms with van der Waals surface area (Å²) in [5, 5.41) is 3.05. The van der Waals surface area contributed by atoms with Crippen molar-refractivity contribution in [2.24, 2.45) is 5.73 Å². The number of benzene rings is 1. The third-order valence-electron chi connectivity index (χ3n) is 4.34. The fraction of sp³-hybridized carbons (Fsp3) is 0.588. The summed E-state index contributed by atoms with van der Waals surface area (Å²) >= 11 is 0. The van der Waals surface area contributed by atoms with Gasteiger partial charge >= 0.3 is 0 Å². The van der Waals surface area contributed by atoms with Gasteiger partial charge in [-0.15, -0.1) is 0 Å². The molecule has 1 atom stereocenters. The van der Waals surface area contributed by atoms with E-state index >= 15 is 0 Å². The summed E-state index contributed by atoms with van der Waals surface area (Å²) in [6, 6.07) is 8.51. The average Bonchev–Trinajstić information content (AvgIpc) is 2.36. The number of nitrogens with two attached hydrogens (primary N) is 1. The molecule has 0 spiro atoms. The van der Waals surface area contributed by atoms with Crippen molar-refractivity contribution in [3.63, 3.8) is 0 Å². The van der Waals surface area contributed by atoms with Gasteiger partial charge in [0.25, 0.3) is 0 Å².